The SMILES string of the molecule is CC(=O)C(N)C#Cc1c(C)c(C(=O)O)nc2c(N)cccc12. The number of carbonyl (C=O) groups is 2. The van der Waals surface area contributed by atoms with Gasteiger partial charge in [-0.3, -0.25) is 4.79 Å². The van der Waals surface area contributed by atoms with E-state index in [1.807, 2.05) is 0 Å². The summed E-state index contributed by atoms with van der Waals surface area (Å²) in [5, 5.41) is 9.91. The standard InChI is InChI=1S/C16H15N3O3/c1-8-10(6-7-12(17)9(2)20)11-4-3-5-13(18)15(11)19-14(8)16(21)22/h3-5,12H,17-18H2,1-2H3,(H,21,22). The molecule has 0 aliphatic rings. The molecule has 6 heteroatoms. The first-order valence-electron chi connectivity index (χ1n) is 6.52. The maximum atomic E-state index is 11.3. The van der Waals surface area contributed by atoms with Gasteiger partial charge < -0.3 is 16.6 Å². The van der Waals surface area contributed by atoms with Crippen LogP contribution in [0.1, 0.15) is 28.5 Å². The van der Waals surface area contributed by atoms with Crippen LogP contribution in [-0.4, -0.2) is 27.9 Å². The van der Waals surface area contributed by atoms with Crippen LogP contribution in [0.2, 0.25) is 0 Å². The number of fused-ring (bicyclic) bond motifs is 1. The van der Waals surface area contributed by atoms with E-state index in [9.17, 15) is 14.7 Å². The molecule has 112 valence electrons. The summed E-state index contributed by atoms with van der Waals surface area (Å²) in [7, 11) is 0. The molecule has 0 amide bonds. The van der Waals surface area contributed by atoms with Crippen molar-refractivity contribution in [2.75, 3.05) is 5.73 Å². The van der Waals surface area contributed by atoms with E-state index in [1.54, 1.807) is 25.1 Å². The smallest absolute Gasteiger partial charge is 0.354 e. The molecule has 0 radical (unpaired) electrons. The number of ketones is 1. The van der Waals surface area contributed by atoms with Gasteiger partial charge in [-0.1, -0.05) is 24.0 Å². The van der Waals surface area contributed by atoms with Gasteiger partial charge in [-0.2, -0.15) is 0 Å². The van der Waals surface area contributed by atoms with Crippen molar-refractivity contribution >= 4 is 28.3 Å². The van der Waals surface area contributed by atoms with Gasteiger partial charge in [0.1, 0.15) is 6.04 Å². The van der Waals surface area contributed by atoms with Gasteiger partial charge in [0, 0.05) is 10.9 Å². The molecule has 0 saturated heterocycles. The molecule has 1 unspecified atom stereocenters. The largest absolute Gasteiger partial charge is 0.477 e. The molecule has 6 nitrogen and oxygen atoms in total. The molecule has 22 heavy (non-hydrogen) atoms. The zero-order valence-corrected chi connectivity index (χ0v) is 12.2. The Morgan fingerprint density at radius 3 is 2.64 bits per heavy atom. The fourth-order valence-corrected chi connectivity index (χ4v) is 2.02. The number of nitrogens with two attached hydrogens (primary N) is 2. The number of Topliss-reactive ketones (excluding diaryl/α,β-unsaturated/α-hetero) is 1. The molecule has 2 aromatic rings. The van der Waals surface area contributed by atoms with Gasteiger partial charge in [0.2, 0.25) is 0 Å². The van der Waals surface area contributed by atoms with E-state index < -0.39 is 12.0 Å². The van der Waals surface area contributed by atoms with Crippen LogP contribution in [-0.2, 0) is 4.79 Å². The summed E-state index contributed by atoms with van der Waals surface area (Å²) in [6.07, 6.45) is 0. The molecule has 0 fully saturated rings. The van der Waals surface area contributed by atoms with Crippen molar-refractivity contribution in [1.29, 1.82) is 0 Å². The maximum absolute atomic E-state index is 11.3. The molecule has 1 heterocycles. The summed E-state index contributed by atoms with van der Waals surface area (Å²) in [5.41, 5.74) is 13.0. The molecule has 0 saturated carbocycles. The minimum atomic E-state index is -1.17. The minimum absolute atomic E-state index is 0.119. The van der Waals surface area contributed by atoms with Gasteiger partial charge in [0.05, 0.1) is 11.2 Å². The first-order valence-corrected chi connectivity index (χ1v) is 6.52. The molecule has 5 N–H and O–H groups in total. The van der Waals surface area contributed by atoms with Gasteiger partial charge >= 0.3 is 5.97 Å². The van der Waals surface area contributed by atoms with E-state index in [-0.39, 0.29) is 11.5 Å². The van der Waals surface area contributed by atoms with Crippen LogP contribution in [0, 0.1) is 18.8 Å². The minimum Gasteiger partial charge on any atom is -0.477 e. The second-order valence-corrected chi connectivity index (χ2v) is 4.87. The van der Waals surface area contributed by atoms with Gasteiger partial charge in [0.25, 0.3) is 0 Å². The fourth-order valence-electron chi connectivity index (χ4n) is 2.02. The molecule has 0 aliphatic heterocycles. The number of para-hydroxylation sites is 1. The predicted molar refractivity (Wildman–Crippen MR) is 83.4 cm³/mol. The molecule has 1 atom stereocenters. The lowest BCUT2D eigenvalue weighted by Crippen LogP contribution is -2.26. The van der Waals surface area contributed by atoms with Crippen molar-refractivity contribution in [3.63, 3.8) is 0 Å². The Morgan fingerprint density at radius 1 is 1.36 bits per heavy atom. The van der Waals surface area contributed by atoms with E-state index in [0.29, 0.717) is 27.7 Å². The zero-order chi connectivity index (χ0) is 16.4. The number of aromatic nitrogens is 1. The highest BCUT2D eigenvalue weighted by Gasteiger charge is 2.17. The van der Waals surface area contributed by atoms with Gasteiger partial charge in [-0.25, -0.2) is 9.78 Å². The summed E-state index contributed by atoms with van der Waals surface area (Å²) < 4.78 is 0. The summed E-state index contributed by atoms with van der Waals surface area (Å²) >= 11 is 0. The van der Waals surface area contributed by atoms with Crippen LogP contribution in [0.25, 0.3) is 10.9 Å². The maximum Gasteiger partial charge on any atom is 0.354 e. The van der Waals surface area contributed by atoms with Crippen molar-refractivity contribution in [3.05, 3.63) is 35.0 Å². The van der Waals surface area contributed by atoms with Crippen LogP contribution in [0.3, 0.4) is 0 Å². The van der Waals surface area contributed by atoms with E-state index in [4.69, 9.17) is 11.5 Å². The summed E-state index contributed by atoms with van der Waals surface area (Å²) in [5.74, 6) is 4.01. The molecular formula is C16H15N3O3. The molecule has 0 aliphatic carbocycles. The summed E-state index contributed by atoms with van der Waals surface area (Å²) in [4.78, 5) is 26.6. The third-order valence-corrected chi connectivity index (χ3v) is 3.28. The number of anilines is 1. The number of nitrogen functional groups attached to an aromatic ring is 1. The Bertz CT molecular complexity index is 847. The Labute approximate surface area is 127 Å². The fraction of sp³-hybridized carbons (Fsp3) is 0.188. The van der Waals surface area contributed by atoms with Crippen molar-refractivity contribution < 1.29 is 14.7 Å². The van der Waals surface area contributed by atoms with Crippen molar-refractivity contribution in [1.82, 2.24) is 4.98 Å². The highest BCUT2D eigenvalue weighted by atomic mass is 16.4. The van der Waals surface area contributed by atoms with Gasteiger partial charge in [-0.05, 0) is 25.5 Å². The first-order chi connectivity index (χ1) is 10.3. The Kier molecular flexibility index (Phi) is 4.11. The normalized spacial score (nSPS) is 11.6. The van der Waals surface area contributed by atoms with Crippen LogP contribution >= 0.6 is 0 Å². The zero-order valence-electron chi connectivity index (χ0n) is 12.2. The first kappa shape index (κ1) is 15.5. The molecule has 1 aromatic carbocycles. The number of aromatic carboxylic acids is 1. The third-order valence-electron chi connectivity index (χ3n) is 3.28. The van der Waals surface area contributed by atoms with E-state index in [1.165, 1.54) is 6.92 Å². The van der Waals surface area contributed by atoms with Gasteiger partial charge in [-0.15, -0.1) is 0 Å². The van der Waals surface area contributed by atoms with Crippen LogP contribution in [0.15, 0.2) is 18.2 Å². The molecular weight excluding hydrogens is 282 g/mol. The highest BCUT2D eigenvalue weighted by Crippen LogP contribution is 2.26. The molecule has 0 bridgehead atoms. The van der Waals surface area contributed by atoms with Crippen molar-refractivity contribution in [2.24, 2.45) is 5.73 Å². The number of hydrogen-bond acceptors (Lipinski definition) is 5. The number of carbonyl (C=O) groups excluding carboxylic acids is 1. The van der Waals surface area contributed by atoms with Crippen LogP contribution in [0.5, 0.6) is 0 Å². The lowest BCUT2D eigenvalue weighted by atomic mass is 10.0. The third kappa shape index (κ3) is 2.75. The van der Waals surface area contributed by atoms with E-state index in [0.717, 1.165) is 0 Å². The van der Waals surface area contributed by atoms with Gasteiger partial charge in [0.15, 0.2) is 11.5 Å². The van der Waals surface area contributed by atoms with E-state index in [2.05, 4.69) is 16.8 Å². The average Bonchev–Trinajstić information content (AvgIpc) is 2.45. The number of hydrogen-bond donors (Lipinski definition) is 3. The number of pyridine rings is 1. The predicted octanol–water partition coefficient (Wildman–Crippen LogP) is 1.09. The topological polar surface area (TPSA) is 119 Å². The highest BCUT2D eigenvalue weighted by molar-refractivity contribution is 5.99. The summed E-state index contributed by atoms with van der Waals surface area (Å²) in [6.45, 7) is 2.96. The second-order valence-electron chi connectivity index (χ2n) is 4.87. The number of carboxylic acids is 1. The Hall–Kier alpha value is -2.91. The molecule has 1 aromatic heterocycles. The second kappa shape index (κ2) is 5.84. The Morgan fingerprint density at radius 2 is 2.05 bits per heavy atom. The van der Waals surface area contributed by atoms with Crippen molar-refractivity contribution in [2.45, 2.75) is 19.9 Å². The van der Waals surface area contributed by atoms with Crippen LogP contribution < -0.4 is 11.5 Å². The Balaban J connectivity index is 2.80. The number of benzene rings is 1. The molecule has 2 rings (SSSR count). The number of carboxylic acid groups (broad SMARTS) is 1. The lowest BCUT2D eigenvalue weighted by molar-refractivity contribution is -0.117. The number of nitrogens with zero attached hydrogens (tertiary/aromatic N) is 1. The summed E-state index contributed by atoms with van der Waals surface area (Å²) in [6, 6.07) is 4.20. The monoisotopic (exact) mass is 297 g/mol. The van der Waals surface area contributed by atoms with E-state index >= 15 is 0 Å². The number of rotatable bonds is 2. The van der Waals surface area contributed by atoms with Crippen LogP contribution in [0.4, 0.5) is 5.69 Å². The average molecular weight is 297 g/mol. The van der Waals surface area contributed by atoms with Crippen molar-refractivity contribution in [3.8, 4) is 11.8 Å². The lowest BCUT2D eigenvalue weighted by Gasteiger charge is -2.09. The quantitative estimate of drug-likeness (QED) is 0.564. The molecule has 0 spiro atoms.